The summed E-state index contributed by atoms with van der Waals surface area (Å²) in [7, 11) is 1.57. The summed E-state index contributed by atoms with van der Waals surface area (Å²) in [6.45, 7) is 2.79. The van der Waals surface area contributed by atoms with Crippen LogP contribution < -0.4 is 9.47 Å². The van der Waals surface area contributed by atoms with Crippen LogP contribution in [0, 0.1) is 0 Å². The Hall–Kier alpha value is -1.75. The SMILES string of the molecule is CCOC(=O)CCCCCOc1ccc(CO)cc1OC. The lowest BCUT2D eigenvalue weighted by Gasteiger charge is -2.11. The predicted molar refractivity (Wildman–Crippen MR) is 79.5 cm³/mol. The minimum absolute atomic E-state index is 0.0233. The molecule has 0 aliphatic carbocycles. The van der Waals surface area contributed by atoms with E-state index < -0.39 is 0 Å². The summed E-state index contributed by atoms with van der Waals surface area (Å²) in [4.78, 5) is 11.2. The quantitative estimate of drug-likeness (QED) is 0.531. The highest BCUT2D eigenvalue weighted by atomic mass is 16.5. The number of hydrogen-bond acceptors (Lipinski definition) is 5. The molecule has 21 heavy (non-hydrogen) atoms. The van der Waals surface area contributed by atoms with Gasteiger partial charge in [-0.25, -0.2) is 0 Å². The van der Waals surface area contributed by atoms with Gasteiger partial charge in [0.2, 0.25) is 0 Å². The molecule has 0 aliphatic heterocycles. The van der Waals surface area contributed by atoms with E-state index in [0.29, 0.717) is 31.1 Å². The first kappa shape index (κ1) is 17.3. The summed E-state index contributed by atoms with van der Waals surface area (Å²) in [5, 5.41) is 9.07. The van der Waals surface area contributed by atoms with Gasteiger partial charge in [-0.1, -0.05) is 6.07 Å². The standard InChI is InChI=1S/C16H24O5/c1-3-20-16(18)7-5-4-6-10-21-14-9-8-13(12-17)11-15(14)19-2/h8-9,11,17H,3-7,10,12H2,1-2H3. The van der Waals surface area contributed by atoms with Crippen molar-refractivity contribution in [2.24, 2.45) is 0 Å². The van der Waals surface area contributed by atoms with Gasteiger partial charge in [0.1, 0.15) is 0 Å². The summed E-state index contributed by atoms with van der Waals surface area (Å²) >= 11 is 0. The molecule has 0 aliphatic rings. The van der Waals surface area contributed by atoms with Crippen LogP contribution in [0.25, 0.3) is 0 Å². The third-order valence-corrected chi connectivity index (χ3v) is 3.00. The maximum Gasteiger partial charge on any atom is 0.305 e. The lowest BCUT2D eigenvalue weighted by Crippen LogP contribution is -2.04. The molecule has 0 atom stereocenters. The second kappa shape index (κ2) is 10.0. The molecule has 5 nitrogen and oxygen atoms in total. The molecule has 0 fully saturated rings. The lowest BCUT2D eigenvalue weighted by atomic mass is 10.2. The van der Waals surface area contributed by atoms with Gasteiger partial charge < -0.3 is 19.3 Å². The highest BCUT2D eigenvalue weighted by Crippen LogP contribution is 2.28. The van der Waals surface area contributed by atoms with Crippen LogP contribution in [0.1, 0.15) is 38.2 Å². The van der Waals surface area contributed by atoms with Crippen LogP contribution in [0.4, 0.5) is 0 Å². The van der Waals surface area contributed by atoms with E-state index in [4.69, 9.17) is 19.3 Å². The Morgan fingerprint density at radius 1 is 1.19 bits per heavy atom. The fourth-order valence-corrected chi connectivity index (χ4v) is 1.89. The molecule has 118 valence electrons. The number of benzene rings is 1. The van der Waals surface area contributed by atoms with E-state index in [1.165, 1.54) is 0 Å². The number of esters is 1. The largest absolute Gasteiger partial charge is 0.493 e. The Labute approximate surface area is 125 Å². The van der Waals surface area contributed by atoms with Gasteiger partial charge in [-0.05, 0) is 43.9 Å². The van der Waals surface area contributed by atoms with Gasteiger partial charge in [-0.15, -0.1) is 0 Å². The van der Waals surface area contributed by atoms with E-state index >= 15 is 0 Å². The van der Waals surface area contributed by atoms with Crippen molar-refractivity contribution in [2.75, 3.05) is 20.3 Å². The second-order valence-corrected chi connectivity index (χ2v) is 4.61. The minimum atomic E-state index is -0.139. The van der Waals surface area contributed by atoms with Crippen LogP contribution in [0.15, 0.2) is 18.2 Å². The average molecular weight is 296 g/mol. The normalized spacial score (nSPS) is 10.2. The minimum Gasteiger partial charge on any atom is -0.493 e. The molecule has 0 aromatic heterocycles. The van der Waals surface area contributed by atoms with Crippen LogP contribution in [0.3, 0.4) is 0 Å². The van der Waals surface area contributed by atoms with E-state index in [1.54, 1.807) is 32.2 Å². The van der Waals surface area contributed by atoms with Crippen LogP contribution >= 0.6 is 0 Å². The monoisotopic (exact) mass is 296 g/mol. The van der Waals surface area contributed by atoms with Crippen molar-refractivity contribution in [3.8, 4) is 11.5 Å². The molecule has 0 radical (unpaired) electrons. The van der Waals surface area contributed by atoms with Gasteiger partial charge in [0.15, 0.2) is 11.5 Å². The zero-order chi connectivity index (χ0) is 15.5. The van der Waals surface area contributed by atoms with Crippen LogP contribution in [-0.4, -0.2) is 31.4 Å². The van der Waals surface area contributed by atoms with Crippen LogP contribution in [0.2, 0.25) is 0 Å². The van der Waals surface area contributed by atoms with Crippen molar-refractivity contribution in [1.29, 1.82) is 0 Å². The molecule has 1 aromatic carbocycles. The number of carbonyl (C=O) groups is 1. The van der Waals surface area contributed by atoms with Gasteiger partial charge >= 0.3 is 5.97 Å². The topological polar surface area (TPSA) is 65.0 Å². The summed E-state index contributed by atoms with van der Waals surface area (Å²) in [5.74, 6) is 1.15. The van der Waals surface area contributed by atoms with Gasteiger partial charge in [-0.2, -0.15) is 0 Å². The highest BCUT2D eigenvalue weighted by molar-refractivity contribution is 5.69. The van der Waals surface area contributed by atoms with Crippen molar-refractivity contribution in [3.05, 3.63) is 23.8 Å². The van der Waals surface area contributed by atoms with E-state index in [1.807, 2.05) is 0 Å². The Morgan fingerprint density at radius 3 is 2.67 bits per heavy atom. The third kappa shape index (κ3) is 6.49. The number of carbonyl (C=O) groups excluding carboxylic acids is 1. The molecule has 0 unspecified atom stereocenters. The smallest absolute Gasteiger partial charge is 0.305 e. The Balaban J connectivity index is 2.25. The van der Waals surface area contributed by atoms with Crippen molar-refractivity contribution in [1.82, 2.24) is 0 Å². The number of methoxy groups -OCH3 is 1. The fourth-order valence-electron chi connectivity index (χ4n) is 1.89. The first-order valence-corrected chi connectivity index (χ1v) is 7.27. The Bertz CT molecular complexity index is 431. The predicted octanol–water partition coefficient (Wildman–Crippen LogP) is 2.69. The molecule has 0 bridgehead atoms. The highest BCUT2D eigenvalue weighted by Gasteiger charge is 2.06. The molecule has 0 heterocycles. The number of hydrogen-bond donors (Lipinski definition) is 1. The lowest BCUT2D eigenvalue weighted by molar-refractivity contribution is -0.143. The molecule has 1 aromatic rings. The van der Waals surface area contributed by atoms with Crippen molar-refractivity contribution in [3.63, 3.8) is 0 Å². The molecule has 1 rings (SSSR count). The first-order valence-electron chi connectivity index (χ1n) is 7.27. The van der Waals surface area contributed by atoms with Gasteiger partial charge in [0.25, 0.3) is 0 Å². The molecular formula is C16H24O5. The van der Waals surface area contributed by atoms with Crippen molar-refractivity contribution >= 4 is 5.97 Å². The van der Waals surface area contributed by atoms with E-state index in [9.17, 15) is 4.79 Å². The first-order chi connectivity index (χ1) is 10.2. The molecule has 5 heteroatoms. The fraction of sp³-hybridized carbons (Fsp3) is 0.562. The molecular weight excluding hydrogens is 272 g/mol. The maximum absolute atomic E-state index is 11.2. The van der Waals surface area contributed by atoms with Gasteiger partial charge in [0, 0.05) is 6.42 Å². The van der Waals surface area contributed by atoms with Crippen molar-refractivity contribution < 1.29 is 24.1 Å². The van der Waals surface area contributed by atoms with Crippen molar-refractivity contribution in [2.45, 2.75) is 39.2 Å². The summed E-state index contributed by atoms with van der Waals surface area (Å²) in [5.41, 5.74) is 0.786. The number of ether oxygens (including phenoxy) is 3. The van der Waals surface area contributed by atoms with Crippen LogP contribution in [0.5, 0.6) is 11.5 Å². The number of rotatable bonds is 10. The zero-order valence-corrected chi connectivity index (χ0v) is 12.8. The van der Waals surface area contributed by atoms with E-state index in [0.717, 1.165) is 24.8 Å². The van der Waals surface area contributed by atoms with Crippen LogP contribution in [-0.2, 0) is 16.1 Å². The molecule has 1 N–H and O–H groups in total. The molecule has 0 saturated heterocycles. The van der Waals surface area contributed by atoms with Gasteiger partial charge in [-0.3, -0.25) is 4.79 Å². The Morgan fingerprint density at radius 2 is 2.00 bits per heavy atom. The van der Waals surface area contributed by atoms with E-state index in [-0.39, 0.29) is 12.6 Å². The summed E-state index contributed by atoms with van der Waals surface area (Å²) < 4.78 is 15.7. The number of unbranched alkanes of at least 4 members (excludes halogenated alkanes) is 2. The zero-order valence-electron chi connectivity index (χ0n) is 12.8. The summed E-state index contributed by atoms with van der Waals surface area (Å²) in [6.07, 6.45) is 3.05. The molecule has 0 saturated carbocycles. The number of aliphatic hydroxyl groups excluding tert-OH is 1. The summed E-state index contributed by atoms with van der Waals surface area (Å²) in [6, 6.07) is 5.36. The molecule has 0 amide bonds. The van der Waals surface area contributed by atoms with Gasteiger partial charge in [0.05, 0.1) is 26.9 Å². The molecule has 0 spiro atoms. The maximum atomic E-state index is 11.2. The number of aliphatic hydroxyl groups is 1. The second-order valence-electron chi connectivity index (χ2n) is 4.61. The van der Waals surface area contributed by atoms with E-state index in [2.05, 4.69) is 0 Å². The Kier molecular flexibility index (Phi) is 8.28. The third-order valence-electron chi connectivity index (χ3n) is 3.00. The average Bonchev–Trinajstić information content (AvgIpc) is 2.51.